The lowest BCUT2D eigenvalue weighted by atomic mass is 10.1. The Morgan fingerprint density at radius 3 is 2.42 bits per heavy atom. The van der Waals surface area contributed by atoms with E-state index < -0.39 is 10.0 Å². The van der Waals surface area contributed by atoms with E-state index in [-0.39, 0.29) is 29.7 Å². The van der Waals surface area contributed by atoms with E-state index in [1.165, 1.54) is 19.1 Å². The van der Waals surface area contributed by atoms with E-state index >= 15 is 0 Å². The average Bonchev–Trinajstić information content (AvgIpc) is 2.91. The molecule has 2 N–H and O–H groups in total. The minimum atomic E-state index is -3.69. The highest BCUT2D eigenvalue weighted by atomic mass is 32.2. The minimum absolute atomic E-state index is 0.0926. The summed E-state index contributed by atoms with van der Waals surface area (Å²) in [6, 6.07) is 6.08. The monoisotopic (exact) mass is 382 g/mol. The summed E-state index contributed by atoms with van der Waals surface area (Å²) >= 11 is 0. The molecule has 26 heavy (non-hydrogen) atoms. The number of benzene rings is 1. The number of hydrogen-bond donors (Lipinski definition) is 2. The van der Waals surface area contributed by atoms with Gasteiger partial charge in [-0.25, -0.2) is 17.5 Å². The lowest BCUT2D eigenvalue weighted by molar-refractivity contribution is -0.128. The molecule has 9 heteroatoms. The van der Waals surface area contributed by atoms with E-state index in [0.29, 0.717) is 24.4 Å². The molecule has 0 atom stereocenters. The van der Waals surface area contributed by atoms with E-state index in [2.05, 4.69) is 14.9 Å². The third kappa shape index (κ3) is 5.12. The molecule has 0 spiro atoms. The summed E-state index contributed by atoms with van der Waals surface area (Å²) in [5.41, 5.74) is 1.77. The van der Waals surface area contributed by atoms with Gasteiger partial charge in [-0.3, -0.25) is 9.89 Å². The molecule has 2 rings (SSSR count). The summed E-state index contributed by atoms with van der Waals surface area (Å²) in [6.45, 7) is 5.44. The molecule has 0 saturated carbocycles. The third-order valence-corrected chi connectivity index (χ3v) is 5.76. The van der Waals surface area contributed by atoms with Crippen LogP contribution in [0.5, 0.6) is 0 Å². The van der Waals surface area contributed by atoms with Crippen LogP contribution in [0.1, 0.15) is 23.9 Å². The standard InChI is InChI=1S/C17H23FN4O3S/c1-12-17(13(2)21-20-12)26(24,25)19-9-11-22(14(3)23)10-8-15-4-6-16(18)7-5-15/h4-7,19H,8-11H2,1-3H3,(H,20,21). The van der Waals surface area contributed by atoms with E-state index in [0.717, 1.165) is 5.56 Å². The summed E-state index contributed by atoms with van der Waals surface area (Å²) in [5.74, 6) is -0.460. The van der Waals surface area contributed by atoms with Crippen LogP contribution in [0.4, 0.5) is 4.39 Å². The van der Waals surface area contributed by atoms with Crippen LogP contribution in [0.15, 0.2) is 29.2 Å². The van der Waals surface area contributed by atoms with Crippen LogP contribution in [0.25, 0.3) is 0 Å². The molecule has 0 aliphatic heterocycles. The number of H-pyrrole nitrogens is 1. The molecule has 1 heterocycles. The van der Waals surface area contributed by atoms with Crippen molar-refractivity contribution in [3.63, 3.8) is 0 Å². The quantitative estimate of drug-likeness (QED) is 0.724. The Morgan fingerprint density at radius 2 is 1.88 bits per heavy atom. The number of nitrogens with one attached hydrogen (secondary N) is 2. The second-order valence-corrected chi connectivity index (χ2v) is 7.75. The topological polar surface area (TPSA) is 95.2 Å². The second-order valence-electron chi connectivity index (χ2n) is 6.04. The number of sulfonamides is 1. The van der Waals surface area contributed by atoms with Gasteiger partial charge < -0.3 is 4.90 Å². The highest BCUT2D eigenvalue weighted by Gasteiger charge is 2.22. The smallest absolute Gasteiger partial charge is 0.244 e. The molecule has 0 fully saturated rings. The molecule has 2 aromatic rings. The largest absolute Gasteiger partial charge is 0.341 e. The van der Waals surface area contributed by atoms with Gasteiger partial charge in [-0.15, -0.1) is 0 Å². The number of rotatable bonds is 8. The van der Waals surface area contributed by atoms with Crippen molar-refractivity contribution in [2.45, 2.75) is 32.1 Å². The third-order valence-electron chi connectivity index (χ3n) is 4.03. The van der Waals surface area contributed by atoms with Gasteiger partial charge in [-0.1, -0.05) is 12.1 Å². The lowest BCUT2D eigenvalue weighted by Crippen LogP contribution is -2.38. The summed E-state index contributed by atoms with van der Waals surface area (Å²) in [6.07, 6.45) is 0.562. The van der Waals surface area contributed by atoms with Crippen LogP contribution in [-0.2, 0) is 21.2 Å². The fourth-order valence-electron chi connectivity index (χ4n) is 2.67. The molecule has 0 aliphatic carbocycles. The van der Waals surface area contributed by atoms with Crippen LogP contribution < -0.4 is 4.72 Å². The van der Waals surface area contributed by atoms with Gasteiger partial charge in [0, 0.05) is 26.6 Å². The number of aryl methyl sites for hydroxylation is 2. The summed E-state index contributed by atoms with van der Waals surface area (Å²) in [7, 11) is -3.69. The van der Waals surface area contributed by atoms with Crippen LogP contribution in [-0.4, -0.2) is 49.1 Å². The Bertz CT molecular complexity index is 843. The Kier molecular flexibility index (Phi) is 6.49. The van der Waals surface area contributed by atoms with Crippen molar-refractivity contribution in [2.75, 3.05) is 19.6 Å². The molecule has 0 unspecified atom stereocenters. The average molecular weight is 382 g/mol. The zero-order chi connectivity index (χ0) is 19.3. The van der Waals surface area contributed by atoms with E-state index in [1.807, 2.05) is 0 Å². The van der Waals surface area contributed by atoms with Crippen molar-refractivity contribution in [3.05, 3.63) is 47.0 Å². The van der Waals surface area contributed by atoms with Crippen molar-refractivity contribution in [1.29, 1.82) is 0 Å². The molecular weight excluding hydrogens is 359 g/mol. The van der Waals surface area contributed by atoms with Crippen LogP contribution in [0.3, 0.4) is 0 Å². The van der Waals surface area contributed by atoms with Gasteiger partial charge in [-0.2, -0.15) is 5.10 Å². The predicted molar refractivity (Wildman–Crippen MR) is 95.6 cm³/mol. The maximum absolute atomic E-state index is 12.9. The van der Waals surface area contributed by atoms with Gasteiger partial charge in [-0.05, 0) is 38.0 Å². The van der Waals surface area contributed by atoms with Crippen molar-refractivity contribution in [1.82, 2.24) is 19.8 Å². The molecule has 0 aliphatic rings. The molecule has 142 valence electrons. The molecule has 0 radical (unpaired) electrons. The zero-order valence-electron chi connectivity index (χ0n) is 15.0. The molecule has 7 nitrogen and oxygen atoms in total. The van der Waals surface area contributed by atoms with Gasteiger partial charge >= 0.3 is 0 Å². The number of nitrogens with zero attached hydrogens (tertiary/aromatic N) is 2. The van der Waals surface area contributed by atoms with Gasteiger partial charge in [0.2, 0.25) is 15.9 Å². The Balaban J connectivity index is 1.92. The number of aromatic amines is 1. The molecule has 0 saturated heterocycles. The normalized spacial score (nSPS) is 11.5. The highest BCUT2D eigenvalue weighted by molar-refractivity contribution is 7.89. The van der Waals surface area contributed by atoms with E-state index in [9.17, 15) is 17.6 Å². The fraction of sp³-hybridized carbons (Fsp3) is 0.412. The van der Waals surface area contributed by atoms with Crippen LogP contribution in [0.2, 0.25) is 0 Å². The second kappa shape index (κ2) is 8.41. The van der Waals surface area contributed by atoms with Crippen molar-refractivity contribution in [2.24, 2.45) is 0 Å². The van der Waals surface area contributed by atoms with Crippen molar-refractivity contribution < 1.29 is 17.6 Å². The number of carbonyl (C=O) groups is 1. The number of carbonyl (C=O) groups excluding carboxylic acids is 1. The number of aromatic nitrogens is 2. The molecular formula is C17H23FN4O3S. The summed E-state index contributed by atoms with van der Waals surface area (Å²) in [5, 5.41) is 6.53. The number of amides is 1. The van der Waals surface area contributed by atoms with E-state index in [1.54, 1.807) is 30.9 Å². The molecule has 0 bridgehead atoms. The predicted octanol–water partition coefficient (Wildman–Crippen LogP) is 1.54. The van der Waals surface area contributed by atoms with Crippen LogP contribution >= 0.6 is 0 Å². The van der Waals surface area contributed by atoms with Gasteiger partial charge in [0.15, 0.2) is 0 Å². The van der Waals surface area contributed by atoms with Crippen molar-refractivity contribution >= 4 is 15.9 Å². The molecule has 1 aromatic heterocycles. The lowest BCUT2D eigenvalue weighted by Gasteiger charge is -2.21. The number of hydrogen-bond acceptors (Lipinski definition) is 4. The summed E-state index contributed by atoms with van der Waals surface area (Å²) in [4.78, 5) is 13.5. The molecule has 1 amide bonds. The van der Waals surface area contributed by atoms with Gasteiger partial charge in [0.05, 0.1) is 11.4 Å². The first-order valence-corrected chi connectivity index (χ1v) is 9.70. The number of halogens is 1. The zero-order valence-corrected chi connectivity index (χ0v) is 15.9. The maximum Gasteiger partial charge on any atom is 0.244 e. The maximum atomic E-state index is 12.9. The first-order valence-electron chi connectivity index (χ1n) is 8.22. The molecule has 1 aromatic carbocycles. The van der Waals surface area contributed by atoms with Crippen LogP contribution in [0, 0.1) is 19.7 Å². The first-order chi connectivity index (χ1) is 12.2. The Hall–Kier alpha value is -2.26. The minimum Gasteiger partial charge on any atom is -0.341 e. The van der Waals surface area contributed by atoms with Gasteiger partial charge in [0.25, 0.3) is 0 Å². The van der Waals surface area contributed by atoms with Crippen molar-refractivity contribution in [3.8, 4) is 0 Å². The first kappa shape index (κ1) is 20.1. The SMILES string of the molecule is CC(=O)N(CCNS(=O)(=O)c1c(C)n[nH]c1C)CCc1ccc(F)cc1. The summed E-state index contributed by atoms with van der Waals surface area (Å²) < 4.78 is 40.2. The fourth-order valence-corrected chi connectivity index (χ4v) is 4.05. The van der Waals surface area contributed by atoms with Gasteiger partial charge in [0.1, 0.15) is 10.7 Å². The van der Waals surface area contributed by atoms with E-state index in [4.69, 9.17) is 0 Å². The Morgan fingerprint density at radius 1 is 1.23 bits per heavy atom. The Labute approximate surface area is 152 Å². The highest BCUT2D eigenvalue weighted by Crippen LogP contribution is 2.15.